The average Bonchev–Trinajstić information content (AvgIpc) is 2.82. The van der Waals surface area contributed by atoms with Gasteiger partial charge in [-0.25, -0.2) is 8.78 Å². The minimum Gasteiger partial charge on any atom is -0.436 e. The van der Waals surface area contributed by atoms with Crippen LogP contribution in [0.5, 0.6) is 0 Å². The molecule has 0 atom stereocenters. The third-order valence-corrected chi connectivity index (χ3v) is 3.41. The van der Waals surface area contributed by atoms with Gasteiger partial charge in [0.05, 0.1) is 0 Å². The average molecular weight is 298 g/mol. The summed E-state index contributed by atoms with van der Waals surface area (Å²) in [6, 6.07) is 11.7. The second-order valence-corrected chi connectivity index (χ2v) is 4.82. The lowest BCUT2D eigenvalue weighted by Crippen LogP contribution is -2.15. The van der Waals surface area contributed by atoms with Crippen LogP contribution in [-0.4, -0.2) is 9.78 Å². The summed E-state index contributed by atoms with van der Waals surface area (Å²) in [5.74, 6) is -1.48. The van der Waals surface area contributed by atoms with Gasteiger partial charge in [-0.1, -0.05) is 18.2 Å². The maximum Gasteiger partial charge on any atom is 0.284 e. The van der Waals surface area contributed by atoms with Gasteiger partial charge in [0.2, 0.25) is 5.89 Å². The maximum atomic E-state index is 13.9. The Morgan fingerprint density at radius 1 is 1.05 bits per heavy atom. The summed E-state index contributed by atoms with van der Waals surface area (Å²) in [4.78, 5) is 12.4. The molecule has 0 amide bonds. The number of benzene rings is 2. The molecule has 2 aliphatic rings. The molecule has 108 valence electrons. The second kappa shape index (κ2) is 4.49. The van der Waals surface area contributed by atoms with Crippen molar-refractivity contribution in [3.8, 4) is 17.1 Å². The molecule has 0 aromatic heterocycles. The van der Waals surface area contributed by atoms with E-state index < -0.39 is 17.2 Å². The standard InChI is InChI=1S/C16H8F2N2O2/c17-10-5-6-13(12(18)8-10)20-16(21)11-7-9-3-1-2-4-14(9)22-15(11)19-20/h1-8H. The Labute approximate surface area is 122 Å². The van der Waals surface area contributed by atoms with Crippen LogP contribution >= 0.6 is 0 Å². The highest BCUT2D eigenvalue weighted by Crippen LogP contribution is 2.25. The summed E-state index contributed by atoms with van der Waals surface area (Å²) in [5.41, 5.74) is 0.165. The molecular weight excluding hydrogens is 290 g/mol. The second-order valence-electron chi connectivity index (χ2n) is 4.82. The fourth-order valence-corrected chi connectivity index (χ4v) is 2.36. The number of rotatable bonds is 1. The highest BCUT2D eigenvalue weighted by atomic mass is 19.1. The zero-order valence-electron chi connectivity index (χ0n) is 11.1. The number of aromatic nitrogens is 2. The lowest BCUT2D eigenvalue weighted by atomic mass is 10.2. The van der Waals surface area contributed by atoms with Crippen LogP contribution in [0.15, 0.2) is 57.7 Å². The van der Waals surface area contributed by atoms with Crippen LogP contribution in [0.25, 0.3) is 28.1 Å². The Bertz CT molecular complexity index is 1040. The lowest BCUT2D eigenvalue weighted by molar-refractivity contribution is 0.565. The van der Waals surface area contributed by atoms with E-state index in [0.717, 1.165) is 22.2 Å². The SMILES string of the molecule is O=c1c2cc3ccccc3oc-2nn1-c1ccc(F)cc1F. The van der Waals surface area contributed by atoms with E-state index in [-0.39, 0.29) is 17.1 Å². The van der Waals surface area contributed by atoms with E-state index in [1.54, 1.807) is 24.3 Å². The Balaban J connectivity index is 2.03. The largest absolute Gasteiger partial charge is 0.436 e. The van der Waals surface area contributed by atoms with E-state index in [9.17, 15) is 13.6 Å². The van der Waals surface area contributed by atoms with Gasteiger partial charge in [-0.2, -0.15) is 4.68 Å². The molecule has 0 aliphatic carbocycles. The summed E-state index contributed by atoms with van der Waals surface area (Å²) in [6.07, 6.45) is 0. The van der Waals surface area contributed by atoms with E-state index in [1.807, 2.05) is 6.07 Å². The Hall–Kier alpha value is -3.02. The first-order valence-electron chi connectivity index (χ1n) is 6.50. The first kappa shape index (κ1) is 12.7. The van der Waals surface area contributed by atoms with E-state index in [4.69, 9.17) is 4.42 Å². The van der Waals surface area contributed by atoms with Gasteiger partial charge >= 0.3 is 0 Å². The number of hydrogen-bond acceptors (Lipinski definition) is 3. The van der Waals surface area contributed by atoms with Crippen molar-refractivity contribution >= 4 is 11.0 Å². The van der Waals surface area contributed by atoms with Gasteiger partial charge in [-0.3, -0.25) is 4.79 Å². The van der Waals surface area contributed by atoms with Gasteiger partial charge in [0, 0.05) is 11.5 Å². The molecule has 4 rings (SSSR count). The van der Waals surface area contributed by atoms with E-state index in [2.05, 4.69) is 5.10 Å². The molecule has 0 N–H and O–H groups in total. The van der Waals surface area contributed by atoms with Crippen molar-refractivity contribution in [3.05, 3.63) is 70.5 Å². The fourth-order valence-electron chi connectivity index (χ4n) is 2.36. The molecule has 2 aliphatic heterocycles. The molecule has 4 nitrogen and oxygen atoms in total. The van der Waals surface area contributed by atoms with Gasteiger partial charge in [0.1, 0.15) is 22.7 Å². The predicted octanol–water partition coefficient (Wildman–Crippen LogP) is 3.36. The predicted molar refractivity (Wildman–Crippen MR) is 76.1 cm³/mol. The lowest BCUT2D eigenvalue weighted by Gasteiger charge is -2.00. The van der Waals surface area contributed by atoms with Crippen molar-refractivity contribution in [2.45, 2.75) is 0 Å². The van der Waals surface area contributed by atoms with Crippen molar-refractivity contribution in [1.82, 2.24) is 9.78 Å². The summed E-state index contributed by atoms with van der Waals surface area (Å²) < 4.78 is 33.3. The molecule has 0 spiro atoms. The molecule has 2 aromatic carbocycles. The highest BCUT2D eigenvalue weighted by molar-refractivity contribution is 5.81. The number of para-hydroxylation sites is 1. The van der Waals surface area contributed by atoms with Crippen LogP contribution in [0.2, 0.25) is 0 Å². The fraction of sp³-hybridized carbons (Fsp3) is 0. The van der Waals surface area contributed by atoms with Crippen molar-refractivity contribution in [2.75, 3.05) is 0 Å². The molecule has 6 heteroatoms. The van der Waals surface area contributed by atoms with Crippen LogP contribution in [-0.2, 0) is 0 Å². The van der Waals surface area contributed by atoms with E-state index in [0.29, 0.717) is 11.6 Å². The minimum atomic E-state index is -0.866. The van der Waals surface area contributed by atoms with Gasteiger partial charge in [-0.05, 0) is 24.3 Å². The van der Waals surface area contributed by atoms with Crippen molar-refractivity contribution in [3.63, 3.8) is 0 Å². The number of halogens is 2. The number of fused-ring (bicyclic) bond motifs is 2. The molecule has 0 radical (unpaired) electrons. The number of nitrogens with zero attached hydrogens (tertiary/aromatic N) is 2. The molecular formula is C16H8F2N2O2. The van der Waals surface area contributed by atoms with Crippen molar-refractivity contribution in [2.24, 2.45) is 0 Å². The van der Waals surface area contributed by atoms with Crippen LogP contribution in [0.1, 0.15) is 0 Å². The van der Waals surface area contributed by atoms with Crippen molar-refractivity contribution in [1.29, 1.82) is 0 Å². The zero-order chi connectivity index (χ0) is 15.3. The zero-order valence-corrected chi connectivity index (χ0v) is 11.1. The van der Waals surface area contributed by atoms with Gasteiger partial charge in [0.25, 0.3) is 5.56 Å². The Kier molecular flexibility index (Phi) is 2.59. The summed E-state index contributed by atoms with van der Waals surface area (Å²) >= 11 is 0. The molecule has 0 bridgehead atoms. The summed E-state index contributed by atoms with van der Waals surface area (Å²) in [5, 5.41) is 4.74. The normalized spacial score (nSPS) is 11.4. The third-order valence-electron chi connectivity index (χ3n) is 3.41. The first-order valence-corrected chi connectivity index (χ1v) is 6.50. The molecule has 0 fully saturated rings. The minimum absolute atomic E-state index is 0.104. The molecule has 2 aromatic rings. The van der Waals surface area contributed by atoms with Gasteiger partial charge < -0.3 is 4.42 Å². The Morgan fingerprint density at radius 3 is 2.68 bits per heavy atom. The first-order chi connectivity index (χ1) is 10.6. The Morgan fingerprint density at radius 2 is 1.86 bits per heavy atom. The van der Waals surface area contributed by atoms with Gasteiger partial charge in [0.15, 0.2) is 5.82 Å². The van der Waals surface area contributed by atoms with Crippen molar-refractivity contribution < 1.29 is 13.2 Å². The highest BCUT2D eigenvalue weighted by Gasteiger charge is 2.21. The third kappa shape index (κ3) is 1.81. The van der Waals surface area contributed by atoms with E-state index in [1.165, 1.54) is 0 Å². The topological polar surface area (TPSA) is 48.0 Å². The summed E-state index contributed by atoms with van der Waals surface area (Å²) in [6.45, 7) is 0. The smallest absolute Gasteiger partial charge is 0.284 e. The molecule has 0 saturated heterocycles. The molecule has 22 heavy (non-hydrogen) atoms. The van der Waals surface area contributed by atoms with Crippen LogP contribution < -0.4 is 5.56 Å². The van der Waals surface area contributed by atoms with Crippen LogP contribution in [0.3, 0.4) is 0 Å². The molecule has 2 heterocycles. The molecule has 0 unspecified atom stereocenters. The quantitative estimate of drug-likeness (QED) is 0.541. The van der Waals surface area contributed by atoms with Crippen LogP contribution in [0, 0.1) is 11.6 Å². The number of hydrogen-bond donors (Lipinski definition) is 0. The molecule has 0 saturated carbocycles. The van der Waals surface area contributed by atoms with Gasteiger partial charge in [-0.15, -0.1) is 5.10 Å². The summed E-state index contributed by atoms with van der Waals surface area (Å²) in [7, 11) is 0. The maximum absolute atomic E-state index is 13.9. The monoisotopic (exact) mass is 298 g/mol. The van der Waals surface area contributed by atoms with E-state index >= 15 is 0 Å². The van der Waals surface area contributed by atoms with Crippen LogP contribution in [0.4, 0.5) is 8.78 Å².